The summed E-state index contributed by atoms with van der Waals surface area (Å²) in [5.41, 5.74) is 9.83. The Kier molecular flexibility index (Phi) is 12.7. The van der Waals surface area contributed by atoms with Gasteiger partial charge < -0.3 is 39.7 Å². The summed E-state index contributed by atoms with van der Waals surface area (Å²) in [6.45, 7) is 11.4. The Hall–Kier alpha value is -5.34. The number of carbonyl (C=O) groups excluding carboxylic acids is 3. The molecule has 1 amide bonds. The number of aromatic amines is 2. The maximum Gasteiger partial charge on any atom is 0.310 e. The van der Waals surface area contributed by atoms with Crippen molar-refractivity contribution in [1.29, 1.82) is 0 Å². The molecule has 3 aromatic rings. The van der Waals surface area contributed by atoms with Gasteiger partial charge >= 0.3 is 17.9 Å². The summed E-state index contributed by atoms with van der Waals surface area (Å²) in [5.74, 6) is -3.12. The van der Waals surface area contributed by atoms with Crippen molar-refractivity contribution in [3.05, 3.63) is 68.8 Å². The molecule has 2 aliphatic rings. The maximum absolute atomic E-state index is 14.1. The molecule has 0 aromatic carbocycles. The van der Waals surface area contributed by atoms with Crippen LogP contribution < -0.4 is 5.32 Å². The average molecular weight is 744 g/mol. The number of aryl methyl sites for hydroxylation is 3. The molecule has 5 rings (SSSR count). The van der Waals surface area contributed by atoms with E-state index in [1.165, 1.54) is 14.0 Å². The van der Waals surface area contributed by atoms with Gasteiger partial charge in [0, 0.05) is 70.6 Å². The lowest BCUT2D eigenvalue weighted by molar-refractivity contribution is -0.142. The molecule has 5 heterocycles. The number of ether oxygens (including phenoxy) is 3. The minimum atomic E-state index is -0.971. The van der Waals surface area contributed by atoms with Gasteiger partial charge in [-0.15, -0.1) is 0 Å². The maximum atomic E-state index is 14.1. The van der Waals surface area contributed by atoms with Gasteiger partial charge in [0.1, 0.15) is 6.61 Å². The number of aliphatic carboxylic acids is 1. The largest absolute Gasteiger partial charge is 0.481 e. The van der Waals surface area contributed by atoms with Crippen molar-refractivity contribution in [1.82, 2.24) is 25.3 Å². The number of fused-ring (bicyclic) bond motifs is 8. The van der Waals surface area contributed by atoms with Crippen LogP contribution in [-0.4, -0.2) is 87.4 Å². The number of H-pyrrole nitrogens is 2. The minimum absolute atomic E-state index is 0.0922. The van der Waals surface area contributed by atoms with E-state index in [1.54, 1.807) is 6.92 Å². The van der Waals surface area contributed by atoms with Crippen LogP contribution in [-0.2, 0) is 52.8 Å². The summed E-state index contributed by atoms with van der Waals surface area (Å²) < 4.78 is 15.6. The number of carboxylic acid groups (broad SMARTS) is 1. The number of aromatic nitrogens is 4. The summed E-state index contributed by atoms with van der Waals surface area (Å²) in [7, 11) is 1.28. The molecule has 14 heteroatoms. The second kappa shape index (κ2) is 17.2. The Labute approximate surface area is 313 Å². The van der Waals surface area contributed by atoms with Crippen molar-refractivity contribution in [2.75, 3.05) is 33.5 Å². The SMILES string of the molecule is CCc1c(C)c2cc3[nH]c(cc4nc(c(CC(=O)OC)c5nc(cc1[nH]2)C(C)=C5C(=O)NCCOCCOC(C)=O)C(CCC(=O)O)C4C)c(C)c3CO. The number of amides is 1. The van der Waals surface area contributed by atoms with Gasteiger partial charge in [0.25, 0.3) is 5.91 Å². The van der Waals surface area contributed by atoms with E-state index >= 15 is 0 Å². The molecular formula is C40H49N5O9. The van der Waals surface area contributed by atoms with Crippen LogP contribution in [0.1, 0.15) is 103 Å². The van der Waals surface area contributed by atoms with E-state index < -0.39 is 29.7 Å². The van der Waals surface area contributed by atoms with Crippen LogP contribution in [0.5, 0.6) is 0 Å². The van der Waals surface area contributed by atoms with E-state index in [-0.39, 0.29) is 69.4 Å². The van der Waals surface area contributed by atoms with Gasteiger partial charge in [0.2, 0.25) is 0 Å². The highest BCUT2D eigenvalue weighted by Gasteiger charge is 2.35. The molecule has 0 saturated carbocycles. The number of hydrogen-bond acceptors (Lipinski definition) is 10. The second-order valence-electron chi connectivity index (χ2n) is 13.6. The summed E-state index contributed by atoms with van der Waals surface area (Å²) in [5, 5.41) is 23.1. The van der Waals surface area contributed by atoms with E-state index in [4.69, 9.17) is 24.2 Å². The molecule has 2 atom stereocenters. The fourth-order valence-electron chi connectivity index (χ4n) is 7.25. The van der Waals surface area contributed by atoms with E-state index in [0.717, 1.165) is 44.3 Å². The smallest absolute Gasteiger partial charge is 0.310 e. The number of aliphatic hydroxyl groups is 1. The van der Waals surface area contributed by atoms with Gasteiger partial charge in [-0.3, -0.25) is 24.2 Å². The Balaban J connectivity index is 1.82. The van der Waals surface area contributed by atoms with Gasteiger partial charge in [-0.1, -0.05) is 13.8 Å². The van der Waals surface area contributed by atoms with E-state index in [1.807, 2.05) is 39.0 Å². The standard InChI is InChI=1S/C40H49N5O9/c1-8-25-20(2)30-17-34-28(19-46)22(4)29(43-34)16-31-21(3)26(9-10-35(48)49)38(44-31)27(15-36(50)52-7)39-37(23(5)32(45-39)18-33(25)42-30)40(51)41-11-12-53-13-14-54-24(6)47/h16-18,21,26,42-43,46H,8-15,19H2,1-7H3,(H,41,51)(H,48,49). The molecule has 5 N–H and O–H groups in total. The van der Waals surface area contributed by atoms with Crippen LogP contribution in [0.4, 0.5) is 0 Å². The number of rotatable bonds is 14. The predicted molar refractivity (Wildman–Crippen MR) is 202 cm³/mol. The van der Waals surface area contributed by atoms with Gasteiger partial charge in [0.05, 0.1) is 56.0 Å². The first-order valence-electron chi connectivity index (χ1n) is 18.1. The van der Waals surface area contributed by atoms with Gasteiger partial charge in [0.15, 0.2) is 0 Å². The third-order valence-corrected chi connectivity index (χ3v) is 10.3. The third-order valence-electron chi connectivity index (χ3n) is 10.3. The lowest BCUT2D eigenvalue weighted by Crippen LogP contribution is -2.29. The fourth-order valence-corrected chi connectivity index (χ4v) is 7.25. The van der Waals surface area contributed by atoms with Crippen molar-refractivity contribution in [2.45, 2.75) is 85.7 Å². The lowest BCUT2D eigenvalue weighted by Gasteiger charge is -2.18. The van der Waals surface area contributed by atoms with Crippen molar-refractivity contribution in [2.24, 2.45) is 0 Å². The molecule has 288 valence electrons. The lowest BCUT2D eigenvalue weighted by atomic mass is 9.84. The number of aliphatic hydroxyl groups excluding tert-OH is 1. The number of carboxylic acids is 1. The van der Waals surface area contributed by atoms with Gasteiger partial charge in [-0.2, -0.15) is 0 Å². The number of methoxy groups -OCH3 is 1. The number of esters is 2. The Morgan fingerprint density at radius 2 is 1.59 bits per heavy atom. The average Bonchev–Trinajstić information content (AvgIpc) is 3.81. The zero-order valence-corrected chi connectivity index (χ0v) is 31.9. The molecule has 8 bridgehead atoms. The van der Waals surface area contributed by atoms with E-state index in [9.17, 15) is 29.4 Å². The molecular weight excluding hydrogens is 694 g/mol. The molecule has 0 spiro atoms. The van der Waals surface area contributed by atoms with Gasteiger partial charge in [-0.05, 0) is 74.1 Å². The normalized spacial score (nSPS) is 15.3. The molecule has 3 aromatic heterocycles. The third kappa shape index (κ3) is 8.39. The van der Waals surface area contributed by atoms with Crippen molar-refractivity contribution < 1.29 is 43.6 Å². The zero-order valence-electron chi connectivity index (χ0n) is 31.9. The van der Waals surface area contributed by atoms with Crippen molar-refractivity contribution >= 4 is 57.0 Å². The first kappa shape index (κ1) is 39.9. The number of allylic oxidation sites excluding steroid dienone is 1. The highest BCUT2D eigenvalue weighted by atomic mass is 16.6. The summed E-state index contributed by atoms with van der Waals surface area (Å²) >= 11 is 0. The number of carbonyl (C=O) groups is 4. The molecule has 0 saturated heterocycles. The Morgan fingerprint density at radius 3 is 2.24 bits per heavy atom. The molecule has 0 aliphatic carbocycles. The summed E-state index contributed by atoms with van der Waals surface area (Å²) in [6.07, 6.45) is 0.507. The van der Waals surface area contributed by atoms with E-state index in [0.29, 0.717) is 34.6 Å². The summed E-state index contributed by atoms with van der Waals surface area (Å²) in [6, 6.07) is 5.78. The Bertz CT molecular complexity index is 2160. The topological polar surface area (TPSA) is 206 Å². The van der Waals surface area contributed by atoms with Crippen LogP contribution in [0.3, 0.4) is 0 Å². The van der Waals surface area contributed by atoms with Crippen LogP contribution in [0, 0.1) is 13.8 Å². The van der Waals surface area contributed by atoms with Crippen LogP contribution in [0.25, 0.3) is 33.2 Å². The highest BCUT2D eigenvalue weighted by molar-refractivity contribution is 6.27. The minimum Gasteiger partial charge on any atom is -0.481 e. The van der Waals surface area contributed by atoms with Crippen LogP contribution in [0.2, 0.25) is 0 Å². The second-order valence-corrected chi connectivity index (χ2v) is 13.6. The fraction of sp³-hybridized carbons (Fsp3) is 0.450. The van der Waals surface area contributed by atoms with E-state index in [2.05, 4.69) is 22.2 Å². The summed E-state index contributed by atoms with van der Waals surface area (Å²) in [4.78, 5) is 67.4. The van der Waals surface area contributed by atoms with Crippen molar-refractivity contribution in [3.63, 3.8) is 0 Å². The molecule has 0 radical (unpaired) electrons. The van der Waals surface area contributed by atoms with Crippen LogP contribution >= 0.6 is 0 Å². The first-order chi connectivity index (χ1) is 25.8. The molecule has 2 unspecified atom stereocenters. The highest BCUT2D eigenvalue weighted by Crippen LogP contribution is 2.43. The van der Waals surface area contributed by atoms with Crippen LogP contribution in [0.15, 0.2) is 18.2 Å². The van der Waals surface area contributed by atoms with Gasteiger partial charge in [-0.25, -0.2) is 4.98 Å². The molecule has 14 nitrogen and oxygen atoms in total. The number of hydrogen-bond donors (Lipinski definition) is 5. The molecule has 0 fully saturated rings. The quantitative estimate of drug-likeness (QED) is 0.109. The monoisotopic (exact) mass is 743 g/mol. The zero-order chi connectivity index (χ0) is 39.3. The number of nitrogens with zero attached hydrogens (tertiary/aromatic N) is 2. The van der Waals surface area contributed by atoms with Crippen molar-refractivity contribution in [3.8, 4) is 0 Å². The molecule has 2 aliphatic heterocycles. The number of nitrogens with one attached hydrogen (secondary N) is 3. The first-order valence-corrected chi connectivity index (χ1v) is 18.1. The Morgan fingerprint density at radius 1 is 0.907 bits per heavy atom. The predicted octanol–water partition coefficient (Wildman–Crippen LogP) is 5.08. The molecule has 54 heavy (non-hydrogen) atoms.